The Morgan fingerprint density at radius 2 is 0.534 bits per heavy atom. The lowest BCUT2D eigenvalue weighted by atomic mass is 10.0. The van der Waals surface area contributed by atoms with Crippen LogP contribution in [0.4, 0.5) is 0 Å². The molecule has 0 fully saturated rings. The number of aliphatic hydroxyl groups excluding tert-OH is 2. The van der Waals surface area contributed by atoms with Gasteiger partial charge in [0.2, 0.25) is 5.91 Å². The summed E-state index contributed by atoms with van der Waals surface area (Å²) in [6.07, 6.45) is 101. The molecule has 6 heteroatoms. The van der Waals surface area contributed by atoms with Crippen LogP contribution in [-0.4, -0.2) is 47.4 Å². The van der Waals surface area contributed by atoms with E-state index in [0.717, 1.165) is 44.9 Å². The van der Waals surface area contributed by atoms with Gasteiger partial charge in [-0.1, -0.05) is 391 Å². The number of allylic oxidation sites excluding steroid dienone is 5. The van der Waals surface area contributed by atoms with E-state index in [9.17, 15) is 19.8 Å². The second-order valence-corrected chi connectivity index (χ2v) is 27.7. The number of nitrogens with one attached hydrogen (secondary N) is 1. The molecule has 1 amide bonds. The second kappa shape index (κ2) is 77.5. The first-order valence-corrected chi connectivity index (χ1v) is 40.3. The predicted octanol–water partition coefficient (Wildman–Crippen LogP) is 26.6. The smallest absolute Gasteiger partial charge is 0.305 e. The number of hydrogen-bond donors (Lipinski definition) is 3. The fraction of sp³-hybridized carbons (Fsp3) is 0.902. The van der Waals surface area contributed by atoms with E-state index >= 15 is 0 Å². The first-order chi connectivity index (χ1) is 43.5. The molecule has 0 aromatic rings. The molecule has 3 N–H and O–H groups in total. The number of hydrogen-bond acceptors (Lipinski definition) is 5. The van der Waals surface area contributed by atoms with Gasteiger partial charge in [-0.15, -0.1) is 0 Å². The zero-order valence-corrected chi connectivity index (χ0v) is 59.7. The van der Waals surface area contributed by atoms with Gasteiger partial charge in [-0.25, -0.2) is 0 Å². The Hall–Kier alpha value is -1.92. The maximum atomic E-state index is 12.6. The molecule has 0 radical (unpaired) electrons. The minimum Gasteiger partial charge on any atom is -0.466 e. The van der Waals surface area contributed by atoms with Crippen molar-refractivity contribution < 1.29 is 24.5 Å². The molecule has 88 heavy (non-hydrogen) atoms. The van der Waals surface area contributed by atoms with Crippen LogP contribution in [0.2, 0.25) is 0 Å². The minimum absolute atomic E-state index is 0.0108. The molecule has 0 spiro atoms. The van der Waals surface area contributed by atoms with Gasteiger partial charge in [0.1, 0.15) is 0 Å². The number of carbonyl (C=O) groups is 2. The highest BCUT2D eigenvalue weighted by Gasteiger charge is 2.18. The fourth-order valence-corrected chi connectivity index (χ4v) is 12.7. The average molecular weight is 1240 g/mol. The number of ether oxygens (including phenoxy) is 1. The van der Waals surface area contributed by atoms with Crippen LogP contribution in [0.3, 0.4) is 0 Å². The Bertz CT molecular complexity index is 1430. The molecule has 6 nitrogen and oxygen atoms in total. The normalized spacial score (nSPS) is 12.6. The quantitative estimate of drug-likeness (QED) is 0.0320. The van der Waals surface area contributed by atoms with E-state index in [1.54, 1.807) is 6.08 Å². The summed E-state index contributed by atoms with van der Waals surface area (Å²) >= 11 is 0. The van der Waals surface area contributed by atoms with Crippen molar-refractivity contribution in [3.05, 3.63) is 36.5 Å². The molecule has 0 heterocycles. The largest absolute Gasteiger partial charge is 0.466 e. The molecule has 0 aliphatic rings. The molecular weight excluding hydrogens is 1080 g/mol. The van der Waals surface area contributed by atoms with Crippen LogP contribution < -0.4 is 5.32 Å². The lowest BCUT2D eigenvalue weighted by Crippen LogP contribution is -2.45. The molecule has 0 aliphatic heterocycles. The summed E-state index contributed by atoms with van der Waals surface area (Å²) in [6, 6.07) is -0.628. The molecule has 0 rings (SSSR count). The molecule has 0 saturated heterocycles. The molecule has 0 aromatic carbocycles. The van der Waals surface area contributed by atoms with Gasteiger partial charge in [0.15, 0.2) is 0 Å². The van der Waals surface area contributed by atoms with Crippen LogP contribution in [0.1, 0.15) is 450 Å². The summed E-state index contributed by atoms with van der Waals surface area (Å²) < 4.78 is 5.50. The number of esters is 1. The van der Waals surface area contributed by atoms with E-state index < -0.39 is 12.1 Å². The van der Waals surface area contributed by atoms with Gasteiger partial charge in [0.25, 0.3) is 0 Å². The van der Waals surface area contributed by atoms with E-state index in [2.05, 4.69) is 43.5 Å². The monoisotopic (exact) mass is 1240 g/mol. The highest BCUT2D eigenvalue weighted by atomic mass is 16.5. The molecule has 0 aliphatic carbocycles. The Kier molecular flexibility index (Phi) is 75.8. The van der Waals surface area contributed by atoms with Gasteiger partial charge in [-0.3, -0.25) is 9.59 Å². The number of amides is 1. The highest BCUT2D eigenvalue weighted by Crippen LogP contribution is 2.20. The third-order valence-electron chi connectivity index (χ3n) is 18.9. The van der Waals surface area contributed by atoms with Crippen LogP contribution in [-0.2, 0) is 14.3 Å². The van der Waals surface area contributed by atoms with Crippen molar-refractivity contribution >= 4 is 11.9 Å². The lowest BCUT2D eigenvalue weighted by Gasteiger charge is -2.20. The second-order valence-electron chi connectivity index (χ2n) is 27.7. The van der Waals surface area contributed by atoms with Crippen molar-refractivity contribution in [2.24, 2.45) is 0 Å². The first-order valence-electron chi connectivity index (χ1n) is 40.3. The Labute approximate surface area is 551 Å². The summed E-state index contributed by atoms with van der Waals surface area (Å²) in [7, 11) is 0. The molecule has 2 unspecified atom stereocenters. The number of aliphatic hydroxyl groups is 2. The predicted molar refractivity (Wildman–Crippen MR) is 389 cm³/mol. The molecule has 0 aromatic heterocycles. The summed E-state index contributed by atoms with van der Waals surface area (Å²) in [6.45, 7) is 4.94. The van der Waals surface area contributed by atoms with Crippen LogP contribution >= 0.6 is 0 Å². The van der Waals surface area contributed by atoms with Gasteiger partial charge in [-0.2, -0.15) is 0 Å². The van der Waals surface area contributed by atoms with Crippen LogP contribution in [0.15, 0.2) is 36.5 Å². The molecule has 2 atom stereocenters. The Balaban J connectivity index is 3.38. The highest BCUT2D eigenvalue weighted by molar-refractivity contribution is 5.76. The van der Waals surface area contributed by atoms with Crippen molar-refractivity contribution in [3.63, 3.8) is 0 Å². The van der Waals surface area contributed by atoms with Crippen molar-refractivity contribution in [1.82, 2.24) is 5.32 Å². The van der Waals surface area contributed by atoms with Crippen molar-refractivity contribution in [1.29, 1.82) is 0 Å². The maximum absolute atomic E-state index is 12.6. The lowest BCUT2D eigenvalue weighted by molar-refractivity contribution is -0.143. The summed E-state index contributed by atoms with van der Waals surface area (Å²) in [5.74, 6) is -0.0496. The van der Waals surface area contributed by atoms with E-state index in [-0.39, 0.29) is 18.5 Å². The summed E-state index contributed by atoms with van der Waals surface area (Å²) in [5, 5.41) is 23.3. The molecule has 520 valence electrons. The van der Waals surface area contributed by atoms with Gasteiger partial charge in [-0.05, 0) is 83.5 Å². The zero-order chi connectivity index (χ0) is 63.5. The topological polar surface area (TPSA) is 95.9 Å². The number of unbranched alkanes of at least 4 members (excludes halogenated alkanes) is 61. The molecule has 0 bridgehead atoms. The van der Waals surface area contributed by atoms with E-state index in [0.29, 0.717) is 19.4 Å². The van der Waals surface area contributed by atoms with Crippen LogP contribution in [0.5, 0.6) is 0 Å². The average Bonchev–Trinajstić information content (AvgIpc) is 3.59. The van der Waals surface area contributed by atoms with Crippen molar-refractivity contribution in [3.8, 4) is 0 Å². The van der Waals surface area contributed by atoms with E-state index in [1.165, 1.54) is 379 Å². The molecular formula is C82H157NO5. The number of carbonyl (C=O) groups excluding carboxylic acids is 2. The minimum atomic E-state index is -0.844. The third kappa shape index (κ3) is 73.1. The Morgan fingerprint density at radius 1 is 0.307 bits per heavy atom. The van der Waals surface area contributed by atoms with E-state index in [1.807, 2.05) is 6.08 Å². The Morgan fingerprint density at radius 3 is 0.807 bits per heavy atom. The number of rotatable bonds is 76. The third-order valence-corrected chi connectivity index (χ3v) is 18.9. The maximum Gasteiger partial charge on any atom is 0.305 e. The van der Waals surface area contributed by atoms with Gasteiger partial charge in [0.05, 0.1) is 25.4 Å². The fourth-order valence-electron chi connectivity index (χ4n) is 12.7. The van der Waals surface area contributed by atoms with Gasteiger partial charge < -0.3 is 20.3 Å². The summed E-state index contributed by atoms with van der Waals surface area (Å²) in [5.41, 5.74) is 0. The molecule has 0 saturated carbocycles. The van der Waals surface area contributed by atoms with Crippen LogP contribution in [0, 0.1) is 0 Å². The van der Waals surface area contributed by atoms with E-state index in [4.69, 9.17) is 4.74 Å². The van der Waals surface area contributed by atoms with Gasteiger partial charge in [0, 0.05) is 12.8 Å². The van der Waals surface area contributed by atoms with Crippen molar-refractivity contribution in [2.45, 2.75) is 463 Å². The van der Waals surface area contributed by atoms with Crippen molar-refractivity contribution in [2.75, 3.05) is 13.2 Å². The SMILES string of the molecule is CCCCCCCC/C=C\CCCCCCCC(=O)OCCCCCCCCCCCCCC/C=C\CCCCCCCCCCCCCCCCCCC(=O)NC(CO)C(O)/C=C/CCCCCCCCCCCCCCCCCCCCCCCC. The zero-order valence-electron chi connectivity index (χ0n) is 59.7. The standard InChI is InChI=1S/C82H157NO5/c1-3-5-7-9-11-13-15-17-19-20-21-22-23-34-37-40-43-47-50-54-58-62-66-70-74-80(85)79(78-84)83-81(86)75-71-67-63-59-55-51-48-44-41-38-35-32-30-28-26-24-25-27-29-31-33-36-39-42-45-49-53-57-61-65-69-73-77-88-82(87)76-72-68-64-60-56-52-46-18-16-14-12-10-8-6-4-2/h18,27,29,46,70,74,79-80,84-85H,3-17,19-26,28,30-45,47-69,71-73,75-78H2,1-2H3,(H,83,86)/b29-27-,46-18-,74-70+. The van der Waals surface area contributed by atoms with Crippen LogP contribution in [0.25, 0.3) is 0 Å². The first kappa shape index (κ1) is 86.1. The summed E-state index contributed by atoms with van der Waals surface area (Å²) in [4.78, 5) is 24.6. The van der Waals surface area contributed by atoms with Gasteiger partial charge >= 0.3 is 5.97 Å².